The molecular weight excluding hydrogens is 516 g/mol. The summed E-state index contributed by atoms with van der Waals surface area (Å²) in [4.78, 5) is 38.3. The summed E-state index contributed by atoms with van der Waals surface area (Å²) >= 11 is 0. The third kappa shape index (κ3) is 10.5. The summed E-state index contributed by atoms with van der Waals surface area (Å²) in [6, 6.07) is 6.69. The average molecular weight is 563 g/mol. The molecule has 3 rings (SSSR count). The van der Waals surface area contributed by atoms with E-state index in [1.54, 1.807) is 25.7 Å². The number of likely N-dealkylation sites (tertiary alicyclic amines) is 1. The van der Waals surface area contributed by atoms with Gasteiger partial charge in [-0.1, -0.05) is 12.1 Å². The van der Waals surface area contributed by atoms with Crippen molar-refractivity contribution in [2.24, 2.45) is 0 Å². The zero-order chi connectivity index (χ0) is 29.3. The maximum atomic E-state index is 12.2. The highest BCUT2D eigenvalue weighted by Crippen LogP contribution is 2.28. The molecule has 0 spiro atoms. The number of hydrogen-bond donors (Lipinski definition) is 1. The van der Waals surface area contributed by atoms with E-state index >= 15 is 0 Å². The molecule has 1 heterocycles. The van der Waals surface area contributed by atoms with Crippen LogP contribution in [0.2, 0.25) is 0 Å². The molecule has 1 aromatic carbocycles. The number of carbonyl (C=O) groups excluding carboxylic acids is 3. The summed E-state index contributed by atoms with van der Waals surface area (Å²) in [5, 5.41) is 2.60. The second-order valence-electron chi connectivity index (χ2n) is 11.8. The van der Waals surface area contributed by atoms with Crippen LogP contribution in [0.4, 0.5) is 9.59 Å². The quantitative estimate of drug-likeness (QED) is 0.330. The molecule has 1 atom stereocenters. The van der Waals surface area contributed by atoms with Crippen LogP contribution in [0, 0.1) is 0 Å². The first-order valence-electron chi connectivity index (χ1n) is 14.4. The molecule has 10 heteroatoms. The number of methoxy groups -OCH3 is 1. The van der Waals surface area contributed by atoms with Crippen molar-refractivity contribution in [3.8, 4) is 5.75 Å². The highest BCUT2D eigenvalue weighted by molar-refractivity contribution is 5.81. The maximum absolute atomic E-state index is 12.2. The van der Waals surface area contributed by atoms with Crippen molar-refractivity contribution >= 4 is 18.2 Å². The number of piperidine rings is 1. The maximum Gasteiger partial charge on any atom is 0.410 e. The van der Waals surface area contributed by atoms with Gasteiger partial charge in [-0.15, -0.1) is 0 Å². The van der Waals surface area contributed by atoms with Gasteiger partial charge < -0.3 is 33.9 Å². The third-order valence-electron chi connectivity index (χ3n) is 6.89. The fourth-order valence-electron chi connectivity index (χ4n) is 4.93. The lowest BCUT2D eigenvalue weighted by molar-refractivity contribution is -0.143. The third-order valence-corrected chi connectivity index (χ3v) is 6.89. The Labute approximate surface area is 238 Å². The van der Waals surface area contributed by atoms with Crippen molar-refractivity contribution in [2.75, 3.05) is 20.2 Å². The van der Waals surface area contributed by atoms with E-state index in [2.05, 4.69) is 5.32 Å². The molecule has 0 aromatic heterocycles. The van der Waals surface area contributed by atoms with E-state index in [1.807, 2.05) is 38.1 Å². The Bertz CT molecular complexity index is 959. The number of nitrogens with zero attached hydrogens (tertiary/aromatic N) is 1. The summed E-state index contributed by atoms with van der Waals surface area (Å²) in [7, 11) is 1.29. The van der Waals surface area contributed by atoms with E-state index in [4.69, 9.17) is 23.7 Å². The topological polar surface area (TPSA) is 113 Å². The number of amides is 2. The second kappa shape index (κ2) is 14.6. The average Bonchev–Trinajstić information content (AvgIpc) is 2.89. The molecule has 2 fully saturated rings. The summed E-state index contributed by atoms with van der Waals surface area (Å²) in [6.45, 7) is 10.3. The van der Waals surface area contributed by atoms with Crippen molar-refractivity contribution in [3.05, 3.63) is 29.8 Å². The number of carbonyl (C=O) groups is 3. The van der Waals surface area contributed by atoms with E-state index in [0.717, 1.165) is 49.8 Å². The molecule has 1 aliphatic heterocycles. The van der Waals surface area contributed by atoms with Crippen LogP contribution < -0.4 is 10.1 Å². The normalized spacial score (nSPS) is 20.9. The molecule has 1 aliphatic carbocycles. The van der Waals surface area contributed by atoms with Crippen LogP contribution in [0.15, 0.2) is 24.3 Å². The van der Waals surface area contributed by atoms with Gasteiger partial charge in [0, 0.05) is 19.5 Å². The number of nitrogens with one attached hydrogen (secondary N) is 1. The monoisotopic (exact) mass is 562 g/mol. The fraction of sp³-hybridized carbons (Fsp3) is 0.700. The zero-order valence-corrected chi connectivity index (χ0v) is 24.8. The van der Waals surface area contributed by atoms with Gasteiger partial charge in [0.1, 0.15) is 17.4 Å². The van der Waals surface area contributed by atoms with Gasteiger partial charge in [-0.3, -0.25) is 0 Å². The van der Waals surface area contributed by atoms with Crippen LogP contribution in [0.5, 0.6) is 5.75 Å². The minimum absolute atomic E-state index is 0.108. The Balaban J connectivity index is 1.40. The molecular formula is C30H46N2O8. The number of rotatable bonds is 9. The Kier molecular flexibility index (Phi) is 11.5. The fourth-order valence-corrected chi connectivity index (χ4v) is 4.93. The van der Waals surface area contributed by atoms with Crippen LogP contribution in [-0.4, -0.2) is 79.3 Å². The Morgan fingerprint density at radius 3 is 2.05 bits per heavy atom. The molecule has 1 saturated heterocycles. The van der Waals surface area contributed by atoms with Crippen molar-refractivity contribution in [1.29, 1.82) is 0 Å². The van der Waals surface area contributed by atoms with Gasteiger partial charge in [0.2, 0.25) is 0 Å². The van der Waals surface area contributed by atoms with Crippen LogP contribution in [0.25, 0.3) is 0 Å². The van der Waals surface area contributed by atoms with E-state index in [1.165, 1.54) is 7.11 Å². The molecule has 10 nitrogen and oxygen atoms in total. The molecule has 1 saturated carbocycles. The molecule has 40 heavy (non-hydrogen) atoms. The highest BCUT2D eigenvalue weighted by Gasteiger charge is 2.30. The van der Waals surface area contributed by atoms with Gasteiger partial charge >= 0.3 is 18.2 Å². The van der Waals surface area contributed by atoms with Crippen molar-refractivity contribution < 1.29 is 38.1 Å². The second-order valence-corrected chi connectivity index (χ2v) is 11.8. The van der Waals surface area contributed by atoms with E-state index in [-0.39, 0.29) is 36.9 Å². The van der Waals surface area contributed by atoms with Gasteiger partial charge in [-0.05, 0) is 90.8 Å². The molecule has 2 aliphatic rings. The Hall–Kier alpha value is -3.01. The zero-order valence-electron chi connectivity index (χ0n) is 24.8. The lowest BCUT2D eigenvalue weighted by Gasteiger charge is -2.36. The SMILES string of the molecule is COC(=O)[C@@H](Cc1ccc(O[C@H]2CC[C@H](OC3CCN(C(=O)OC(C)C)CC3)CC2)cc1)NC(=O)OC(C)(C)C. The predicted octanol–water partition coefficient (Wildman–Crippen LogP) is 5.01. The van der Waals surface area contributed by atoms with Gasteiger partial charge in [0.15, 0.2) is 0 Å². The number of ether oxygens (including phenoxy) is 5. The standard InChI is InChI=1S/C30H46N2O8/c1-20(2)37-29(35)32-17-15-25(16-18-32)39-24-13-11-23(12-14-24)38-22-9-7-21(8-10-22)19-26(27(33)36-6)31-28(34)40-30(3,4)5/h7-10,20,23-26H,11-19H2,1-6H3,(H,31,34)/t23-,24-,26-/m1/s1. The molecule has 224 valence electrons. The summed E-state index contributed by atoms with van der Waals surface area (Å²) < 4.78 is 28.0. The lowest BCUT2D eigenvalue weighted by atomic mass is 9.94. The van der Waals surface area contributed by atoms with Crippen molar-refractivity contribution in [1.82, 2.24) is 10.2 Å². The highest BCUT2D eigenvalue weighted by atomic mass is 16.6. The summed E-state index contributed by atoms with van der Waals surface area (Å²) in [6.07, 6.45) is 5.15. The van der Waals surface area contributed by atoms with E-state index in [0.29, 0.717) is 13.1 Å². The van der Waals surface area contributed by atoms with Gasteiger partial charge in [-0.2, -0.15) is 0 Å². The first kappa shape index (κ1) is 31.5. The van der Waals surface area contributed by atoms with E-state index < -0.39 is 23.7 Å². The van der Waals surface area contributed by atoms with Crippen LogP contribution in [0.1, 0.15) is 78.7 Å². The van der Waals surface area contributed by atoms with Crippen LogP contribution >= 0.6 is 0 Å². The minimum atomic E-state index is -0.858. The largest absolute Gasteiger partial charge is 0.490 e. The molecule has 1 aromatic rings. The van der Waals surface area contributed by atoms with Crippen LogP contribution in [0.3, 0.4) is 0 Å². The first-order valence-corrected chi connectivity index (χ1v) is 14.4. The van der Waals surface area contributed by atoms with Crippen LogP contribution in [-0.2, 0) is 30.2 Å². The molecule has 0 radical (unpaired) electrons. The van der Waals surface area contributed by atoms with Crippen molar-refractivity contribution in [3.63, 3.8) is 0 Å². The molecule has 0 bridgehead atoms. The lowest BCUT2D eigenvalue weighted by Crippen LogP contribution is -2.45. The Morgan fingerprint density at radius 1 is 0.925 bits per heavy atom. The molecule has 1 N–H and O–H groups in total. The number of hydrogen-bond acceptors (Lipinski definition) is 8. The predicted molar refractivity (Wildman–Crippen MR) is 149 cm³/mol. The van der Waals surface area contributed by atoms with Gasteiger partial charge in [-0.25, -0.2) is 14.4 Å². The first-order chi connectivity index (χ1) is 18.9. The molecule has 2 amide bonds. The minimum Gasteiger partial charge on any atom is -0.490 e. The Morgan fingerprint density at radius 2 is 1.50 bits per heavy atom. The van der Waals surface area contributed by atoms with Crippen molar-refractivity contribution in [2.45, 2.75) is 116 Å². The number of alkyl carbamates (subject to hydrolysis) is 1. The van der Waals surface area contributed by atoms with Gasteiger partial charge in [0.25, 0.3) is 0 Å². The van der Waals surface area contributed by atoms with E-state index in [9.17, 15) is 14.4 Å². The number of esters is 1. The summed E-state index contributed by atoms with van der Waals surface area (Å²) in [5.41, 5.74) is 0.191. The number of benzene rings is 1. The smallest absolute Gasteiger partial charge is 0.410 e. The van der Waals surface area contributed by atoms with Gasteiger partial charge in [0.05, 0.1) is 31.5 Å². The molecule has 0 unspecified atom stereocenters. The summed E-state index contributed by atoms with van der Waals surface area (Å²) in [5.74, 6) is 0.229.